The van der Waals surface area contributed by atoms with E-state index in [2.05, 4.69) is 39.5 Å². The topological polar surface area (TPSA) is 132 Å². The second-order valence-electron chi connectivity index (χ2n) is 10.5. The fourth-order valence-corrected chi connectivity index (χ4v) is 6.00. The quantitative estimate of drug-likeness (QED) is 0.0210. The van der Waals surface area contributed by atoms with Crippen molar-refractivity contribution in [2.24, 2.45) is 0 Å². The molecule has 0 saturated heterocycles. The zero-order valence-corrected chi connectivity index (χ0v) is 27.5. The number of aliphatic carboxylic acids is 1. The third-order valence-corrected chi connectivity index (χ3v) is 8.80. The molecule has 0 aromatic carbocycles. The van der Waals surface area contributed by atoms with Crippen molar-refractivity contribution in [3.8, 4) is 0 Å². The minimum absolute atomic E-state index is 0.00351. The maximum absolute atomic E-state index is 14.2. The van der Waals surface area contributed by atoms with Crippen molar-refractivity contribution < 1.29 is 32.9 Å². The number of rotatable bonds is 25. The molecule has 43 heavy (non-hydrogen) atoms. The second kappa shape index (κ2) is 22.1. The van der Waals surface area contributed by atoms with E-state index in [1.54, 1.807) is 10.7 Å². The van der Waals surface area contributed by atoms with Gasteiger partial charge in [0.2, 0.25) is 0 Å². The molecule has 1 atom stereocenters. The highest BCUT2D eigenvalue weighted by molar-refractivity contribution is 7.51. The van der Waals surface area contributed by atoms with Gasteiger partial charge in [-0.3, -0.25) is 24.0 Å². The van der Waals surface area contributed by atoms with E-state index in [0.29, 0.717) is 38.2 Å². The lowest BCUT2D eigenvalue weighted by Gasteiger charge is -2.30. The molecule has 1 aromatic rings. The predicted molar refractivity (Wildman–Crippen MR) is 171 cm³/mol. The summed E-state index contributed by atoms with van der Waals surface area (Å²) in [7, 11) is -3.92. The van der Waals surface area contributed by atoms with Crippen molar-refractivity contribution in [2.45, 2.75) is 91.6 Å². The molecular formula is C31H48ClN2O8P. The molecular weight excluding hydrogens is 595 g/mol. The van der Waals surface area contributed by atoms with Crippen molar-refractivity contribution in [1.29, 1.82) is 0 Å². The van der Waals surface area contributed by atoms with E-state index in [0.717, 1.165) is 44.1 Å². The summed E-state index contributed by atoms with van der Waals surface area (Å²) in [5, 5.41) is 20.0. The monoisotopic (exact) mass is 642 g/mol. The molecule has 0 bridgehead atoms. The van der Waals surface area contributed by atoms with Crippen LogP contribution in [0, 0.1) is 10.1 Å². The lowest BCUT2D eigenvalue weighted by molar-refractivity contribution is -0.402. The van der Waals surface area contributed by atoms with Crippen molar-refractivity contribution in [3.05, 3.63) is 75.6 Å². The van der Waals surface area contributed by atoms with Crippen molar-refractivity contribution in [1.82, 2.24) is 4.67 Å². The van der Waals surface area contributed by atoms with Gasteiger partial charge in [-0.15, -0.1) is 11.6 Å². The Bertz CT molecular complexity index is 1140. The van der Waals surface area contributed by atoms with Crippen LogP contribution in [0.25, 0.3) is 0 Å². The molecule has 1 rings (SSSR count). The van der Waals surface area contributed by atoms with Crippen LogP contribution >= 0.6 is 19.3 Å². The SMILES string of the molecule is C=C/C(=C\COP(=O)(OCc1ccc([N+](=O)[O-])o1)N(CCCCCCl)CCCCC(=O)O)CC/C=C(\C)CCC=C(C)C. The number of nitrogens with zero attached hydrogens (tertiary/aromatic N) is 2. The summed E-state index contributed by atoms with van der Waals surface area (Å²) in [4.78, 5) is 21.4. The molecule has 0 aliphatic carbocycles. The van der Waals surface area contributed by atoms with Crippen LogP contribution < -0.4 is 0 Å². The van der Waals surface area contributed by atoms with Crippen LogP contribution in [0.15, 0.2) is 64.2 Å². The number of allylic oxidation sites excluding steroid dienone is 6. The number of hydrogen-bond donors (Lipinski definition) is 1. The Labute approximate surface area is 261 Å². The van der Waals surface area contributed by atoms with Crippen LogP contribution in [-0.2, 0) is 25.0 Å². The van der Waals surface area contributed by atoms with Gasteiger partial charge < -0.3 is 9.52 Å². The van der Waals surface area contributed by atoms with E-state index in [4.69, 9.17) is 30.2 Å². The van der Waals surface area contributed by atoms with Gasteiger partial charge in [-0.2, -0.15) is 0 Å². The molecule has 0 spiro atoms. The first-order valence-electron chi connectivity index (χ1n) is 14.8. The van der Waals surface area contributed by atoms with Crippen molar-refractivity contribution in [2.75, 3.05) is 25.6 Å². The second-order valence-corrected chi connectivity index (χ2v) is 12.9. The van der Waals surface area contributed by atoms with Crippen LogP contribution in [-0.4, -0.2) is 46.2 Å². The molecule has 0 fully saturated rings. The number of nitro groups is 1. The van der Waals surface area contributed by atoms with Crippen molar-refractivity contribution >= 4 is 31.2 Å². The molecule has 1 N–H and O–H groups in total. The summed E-state index contributed by atoms with van der Waals surface area (Å²) < 4.78 is 32.8. The number of unbranched alkanes of at least 4 members (excludes halogenated alkanes) is 3. The fourth-order valence-electron chi connectivity index (χ4n) is 4.08. The average Bonchev–Trinajstić information content (AvgIpc) is 3.44. The van der Waals surface area contributed by atoms with Gasteiger partial charge in [-0.1, -0.05) is 48.5 Å². The molecule has 12 heteroatoms. The maximum Gasteiger partial charge on any atom is 0.433 e. The third-order valence-electron chi connectivity index (χ3n) is 6.51. The van der Waals surface area contributed by atoms with Crippen molar-refractivity contribution in [3.63, 3.8) is 0 Å². The maximum atomic E-state index is 14.2. The Morgan fingerprint density at radius 2 is 1.74 bits per heavy atom. The van der Waals surface area contributed by atoms with Crippen LogP contribution in [0.5, 0.6) is 0 Å². The van der Waals surface area contributed by atoms with Crippen LogP contribution in [0.1, 0.15) is 90.7 Å². The molecule has 0 radical (unpaired) electrons. The highest BCUT2D eigenvalue weighted by Gasteiger charge is 2.34. The standard InChI is InChI=1S/C31H48ClN2O8P/c1-5-28(16-12-15-27(4)14-11-13-26(2)3)20-24-40-43(39,41-25-29-18-19-30(42-29)34(37)38)33(22-9-6-8-21-32)23-10-7-17-31(35)36/h5,13,15,18-20H,1,6-12,14,16-17,21-25H2,2-4H3,(H,35,36)/b27-15+,28-20+. The summed E-state index contributed by atoms with van der Waals surface area (Å²) in [6.07, 6.45) is 14.8. The number of alkyl halides is 1. The summed E-state index contributed by atoms with van der Waals surface area (Å²) in [5.74, 6) is -0.693. The molecule has 0 aliphatic rings. The highest BCUT2D eigenvalue weighted by Crippen LogP contribution is 2.53. The van der Waals surface area contributed by atoms with Crippen LogP contribution in [0.2, 0.25) is 0 Å². The molecule has 242 valence electrons. The lowest BCUT2D eigenvalue weighted by atomic mass is 10.1. The molecule has 0 saturated carbocycles. The molecule has 10 nitrogen and oxygen atoms in total. The minimum Gasteiger partial charge on any atom is -0.481 e. The lowest BCUT2D eigenvalue weighted by Crippen LogP contribution is -2.26. The number of hydrogen-bond acceptors (Lipinski definition) is 7. The van der Waals surface area contributed by atoms with Gasteiger partial charge in [-0.25, -0.2) is 9.24 Å². The summed E-state index contributed by atoms with van der Waals surface area (Å²) in [6.45, 7) is 10.6. The van der Waals surface area contributed by atoms with E-state index in [1.165, 1.54) is 23.3 Å². The first kappa shape index (κ1) is 38.5. The van der Waals surface area contributed by atoms with Crippen LogP contribution in [0.3, 0.4) is 0 Å². The normalized spacial score (nSPS) is 13.6. The summed E-state index contributed by atoms with van der Waals surface area (Å²) >= 11 is 5.83. The zero-order chi connectivity index (χ0) is 32.1. The number of carboxylic acid groups (broad SMARTS) is 1. The van der Waals surface area contributed by atoms with E-state index in [9.17, 15) is 19.5 Å². The largest absolute Gasteiger partial charge is 0.481 e. The summed E-state index contributed by atoms with van der Waals surface area (Å²) in [5.41, 5.74) is 3.57. The Balaban J connectivity index is 3.03. The molecule has 1 heterocycles. The first-order valence-corrected chi connectivity index (χ1v) is 16.8. The van der Waals surface area contributed by atoms with Gasteiger partial charge >= 0.3 is 19.6 Å². The number of halogens is 1. The predicted octanol–water partition coefficient (Wildman–Crippen LogP) is 9.38. The average molecular weight is 643 g/mol. The molecule has 1 aromatic heterocycles. The van der Waals surface area contributed by atoms with E-state index >= 15 is 0 Å². The third kappa shape index (κ3) is 17.4. The van der Waals surface area contributed by atoms with E-state index in [-0.39, 0.29) is 25.4 Å². The van der Waals surface area contributed by atoms with Crippen LogP contribution in [0.4, 0.5) is 5.88 Å². The number of carbonyl (C=O) groups is 1. The van der Waals surface area contributed by atoms with Gasteiger partial charge in [0.15, 0.2) is 0 Å². The van der Waals surface area contributed by atoms with Gasteiger partial charge in [0.1, 0.15) is 17.3 Å². The summed E-state index contributed by atoms with van der Waals surface area (Å²) in [6, 6.07) is 2.60. The minimum atomic E-state index is -3.92. The van der Waals surface area contributed by atoms with E-state index < -0.39 is 24.5 Å². The smallest absolute Gasteiger partial charge is 0.433 e. The Morgan fingerprint density at radius 1 is 1.05 bits per heavy atom. The molecule has 0 amide bonds. The Kier molecular flexibility index (Phi) is 19.8. The highest BCUT2D eigenvalue weighted by atomic mass is 35.5. The molecule has 0 aliphatic heterocycles. The Morgan fingerprint density at radius 3 is 2.35 bits per heavy atom. The number of furan rings is 1. The van der Waals surface area contributed by atoms with Gasteiger partial charge in [0.25, 0.3) is 0 Å². The number of carboxylic acids is 1. The first-order chi connectivity index (χ1) is 20.5. The van der Waals surface area contributed by atoms with Gasteiger partial charge in [-0.05, 0) is 83.8 Å². The van der Waals surface area contributed by atoms with Gasteiger partial charge in [0.05, 0.1) is 12.7 Å². The van der Waals surface area contributed by atoms with E-state index in [1.807, 2.05) is 6.08 Å². The fraction of sp³-hybridized carbons (Fsp3) is 0.581. The Hall–Kier alpha value is -2.49. The van der Waals surface area contributed by atoms with Gasteiger partial charge in [0, 0.05) is 25.4 Å². The zero-order valence-electron chi connectivity index (χ0n) is 25.8. The molecule has 1 unspecified atom stereocenters.